The molecule has 1 aliphatic rings. The average Bonchev–Trinajstić information content (AvgIpc) is 2.81. The van der Waals surface area contributed by atoms with E-state index in [0.29, 0.717) is 12.8 Å². The van der Waals surface area contributed by atoms with Crippen LogP contribution in [0.15, 0.2) is 60.7 Å². The van der Waals surface area contributed by atoms with E-state index in [1.165, 1.54) is 0 Å². The van der Waals surface area contributed by atoms with E-state index in [4.69, 9.17) is 9.47 Å². The zero-order valence-electron chi connectivity index (χ0n) is 11.1. The van der Waals surface area contributed by atoms with Crippen molar-refractivity contribution < 1.29 is 14.3 Å². The lowest BCUT2D eigenvalue weighted by Gasteiger charge is -2.09. The van der Waals surface area contributed by atoms with Crippen LogP contribution in [0.25, 0.3) is 0 Å². The molecule has 3 heteroatoms. The predicted octanol–water partition coefficient (Wildman–Crippen LogP) is 2.74. The highest BCUT2D eigenvalue weighted by atomic mass is 16.7. The normalized spacial score (nSPS) is 21.7. The second-order valence-electron chi connectivity index (χ2n) is 4.87. The molecule has 1 saturated heterocycles. The highest BCUT2D eigenvalue weighted by Crippen LogP contribution is 2.20. The highest BCUT2D eigenvalue weighted by molar-refractivity contribution is 5.76. The molecule has 0 amide bonds. The van der Waals surface area contributed by atoms with E-state index in [1.54, 1.807) is 0 Å². The molecule has 0 saturated carbocycles. The molecule has 0 N–H and O–H groups in total. The van der Waals surface area contributed by atoms with Crippen molar-refractivity contribution in [3.05, 3.63) is 71.8 Å². The summed E-state index contributed by atoms with van der Waals surface area (Å²) in [5.74, 6) is -0.269. The Kier molecular flexibility index (Phi) is 3.79. The number of hydrogen-bond acceptors (Lipinski definition) is 3. The van der Waals surface area contributed by atoms with E-state index in [9.17, 15) is 4.79 Å². The molecule has 0 spiro atoms. The van der Waals surface area contributed by atoms with Gasteiger partial charge in [0.2, 0.25) is 6.29 Å². The van der Waals surface area contributed by atoms with E-state index in [-0.39, 0.29) is 5.97 Å². The summed E-state index contributed by atoms with van der Waals surface area (Å²) in [4.78, 5) is 11.8. The number of hydrogen-bond donors (Lipinski definition) is 0. The second kappa shape index (κ2) is 5.88. The van der Waals surface area contributed by atoms with Crippen LogP contribution in [0.4, 0.5) is 0 Å². The summed E-state index contributed by atoms with van der Waals surface area (Å²) in [5.41, 5.74) is 2.18. The highest BCUT2D eigenvalue weighted by Gasteiger charge is 2.35. The second-order valence-corrected chi connectivity index (χ2v) is 4.87. The number of cyclic esters (lactones) is 1. The monoisotopic (exact) mass is 268 g/mol. The van der Waals surface area contributed by atoms with Crippen LogP contribution in [0.5, 0.6) is 0 Å². The van der Waals surface area contributed by atoms with Gasteiger partial charge in [0.05, 0.1) is 0 Å². The molecule has 3 nitrogen and oxygen atoms in total. The summed E-state index contributed by atoms with van der Waals surface area (Å²) in [6, 6.07) is 19.7. The first-order valence-electron chi connectivity index (χ1n) is 6.75. The zero-order chi connectivity index (χ0) is 13.8. The van der Waals surface area contributed by atoms with E-state index in [2.05, 4.69) is 0 Å². The minimum Gasteiger partial charge on any atom is -0.433 e. The average molecular weight is 268 g/mol. The fourth-order valence-corrected chi connectivity index (χ4v) is 2.33. The molecule has 20 heavy (non-hydrogen) atoms. The van der Waals surface area contributed by atoms with Crippen LogP contribution >= 0.6 is 0 Å². The van der Waals surface area contributed by atoms with E-state index in [1.807, 2.05) is 60.7 Å². The van der Waals surface area contributed by atoms with Crippen molar-refractivity contribution >= 4 is 5.97 Å². The smallest absolute Gasteiger partial charge is 0.338 e. The molecule has 2 aromatic rings. The SMILES string of the molecule is O=C1OC(Cc2ccccc2)O[C@@H]1Cc1ccccc1. The Hall–Kier alpha value is -2.13. The summed E-state index contributed by atoms with van der Waals surface area (Å²) < 4.78 is 11.0. The van der Waals surface area contributed by atoms with Gasteiger partial charge in [-0.25, -0.2) is 4.79 Å². The Bertz CT molecular complexity index is 565. The third-order valence-corrected chi connectivity index (χ3v) is 3.34. The summed E-state index contributed by atoms with van der Waals surface area (Å²) in [7, 11) is 0. The summed E-state index contributed by atoms with van der Waals surface area (Å²) >= 11 is 0. The number of ether oxygens (including phenoxy) is 2. The van der Waals surface area contributed by atoms with Gasteiger partial charge in [0, 0.05) is 12.8 Å². The van der Waals surface area contributed by atoms with Gasteiger partial charge in [0.25, 0.3) is 0 Å². The third-order valence-electron chi connectivity index (χ3n) is 3.34. The first kappa shape index (κ1) is 12.9. The molecule has 0 aromatic heterocycles. The summed E-state index contributed by atoms with van der Waals surface area (Å²) in [6.45, 7) is 0. The van der Waals surface area contributed by atoms with Crippen molar-refractivity contribution in [3.63, 3.8) is 0 Å². The van der Waals surface area contributed by atoms with Gasteiger partial charge in [0.15, 0.2) is 6.10 Å². The minimum absolute atomic E-state index is 0.269. The fourth-order valence-electron chi connectivity index (χ4n) is 2.33. The molecule has 102 valence electrons. The van der Waals surface area contributed by atoms with Crippen LogP contribution in [0.1, 0.15) is 11.1 Å². The number of carbonyl (C=O) groups excluding carboxylic acids is 1. The molecule has 1 unspecified atom stereocenters. The van der Waals surface area contributed by atoms with Gasteiger partial charge in [-0.3, -0.25) is 0 Å². The molecule has 3 rings (SSSR count). The van der Waals surface area contributed by atoms with E-state index < -0.39 is 12.4 Å². The Balaban J connectivity index is 1.61. The molecule has 2 aromatic carbocycles. The van der Waals surface area contributed by atoms with Gasteiger partial charge >= 0.3 is 5.97 Å². The van der Waals surface area contributed by atoms with Crippen LogP contribution in [-0.4, -0.2) is 18.4 Å². The van der Waals surface area contributed by atoms with Gasteiger partial charge in [-0.1, -0.05) is 60.7 Å². The molecule has 0 aliphatic carbocycles. The Morgan fingerprint density at radius 2 is 1.35 bits per heavy atom. The summed E-state index contributed by atoms with van der Waals surface area (Å²) in [5, 5.41) is 0. The van der Waals surface area contributed by atoms with Crippen LogP contribution in [0, 0.1) is 0 Å². The lowest BCUT2D eigenvalue weighted by molar-refractivity contribution is -0.143. The van der Waals surface area contributed by atoms with Crippen molar-refractivity contribution in [3.8, 4) is 0 Å². The predicted molar refractivity (Wildman–Crippen MR) is 75.0 cm³/mol. The lowest BCUT2D eigenvalue weighted by Crippen LogP contribution is -2.19. The number of rotatable bonds is 4. The van der Waals surface area contributed by atoms with Crippen molar-refractivity contribution in [1.29, 1.82) is 0 Å². The first-order chi connectivity index (χ1) is 9.81. The van der Waals surface area contributed by atoms with Gasteiger partial charge in [-0.05, 0) is 11.1 Å². The van der Waals surface area contributed by atoms with E-state index >= 15 is 0 Å². The van der Waals surface area contributed by atoms with E-state index in [0.717, 1.165) is 11.1 Å². The molecular weight excluding hydrogens is 252 g/mol. The number of benzene rings is 2. The standard InChI is InChI=1S/C17H16O3/c18-17-15(11-13-7-3-1-4-8-13)19-16(20-17)12-14-9-5-2-6-10-14/h1-10,15-16H,11-12H2/t15-,16?/m1/s1. The van der Waals surface area contributed by atoms with Gasteiger partial charge < -0.3 is 9.47 Å². The number of carbonyl (C=O) groups is 1. The number of esters is 1. The molecule has 0 bridgehead atoms. The summed E-state index contributed by atoms with van der Waals surface area (Å²) in [6.07, 6.45) is 0.188. The van der Waals surface area contributed by atoms with Crippen LogP contribution < -0.4 is 0 Å². The molecular formula is C17H16O3. The van der Waals surface area contributed by atoms with Gasteiger partial charge in [-0.15, -0.1) is 0 Å². The first-order valence-corrected chi connectivity index (χ1v) is 6.75. The Morgan fingerprint density at radius 3 is 1.95 bits per heavy atom. The van der Waals surface area contributed by atoms with Crippen molar-refractivity contribution in [1.82, 2.24) is 0 Å². The maximum atomic E-state index is 11.8. The van der Waals surface area contributed by atoms with Crippen molar-refractivity contribution in [2.24, 2.45) is 0 Å². The van der Waals surface area contributed by atoms with Crippen LogP contribution in [0.2, 0.25) is 0 Å². The maximum Gasteiger partial charge on any atom is 0.338 e. The molecule has 1 fully saturated rings. The molecule has 1 heterocycles. The molecule has 2 atom stereocenters. The largest absolute Gasteiger partial charge is 0.433 e. The Morgan fingerprint density at radius 1 is 0.800 bits per heavy atom. The quantitative estimate of drug-likeness (QED) is 0.800. The minimum atomic E-state index is -0.494. The topological polar surface area (TPSA) is 35.5 Å². The lowest BCUT2D eigenvalue weighted by atomic mass is 10.1. The maximum absolute atomic E-state index is 11.8. The Labute approximate surface area is 118 Å². The van der Waals surface area contributed by atoms with Gasteiger partial charge in [-0.2, -0.15) is 0 Å². The zero-order valence-corrected chi connectivity index (χ0v) is 11.1. The van der Waals surface area contributed by atoms with Crippen molar-refractivity contribution in [2.45, 2.75) is 25.2 Å². The van der Waals surface area contributed by atoms with Crippen molar-refractivity contribution in [2.75, 3.05) is 0 Å². The fraction of sp³-hybridized carbons (Fsp3) is 0.235. The van der Waals surface area contributed by atoms with Gasteiger partial charge in [0.1, 0.15) is 0 Å². The molecule has 0 radical (unpaired) electrons. The van der Waals surface area contributed by atoms with Crippen LogP contribution in [0.3, 0.4) is 0 Å². The van der Waals surface area contributed by atoms with Crippen LogP contribution in [-0.2, 0) is 27.1 Å². The molecule has 1 aliphatic heterocycles. The third kappa shape index (κ3) is 3.06.